The molecule has 0 aliphatic carbocycles. The first-order valence-electron chi connectivity index (χ1n) is 6.49. The van der Waals surface area contributed by atoms with Gasteiger partial charge >= 0.3 is 5.97 Å². The highest BCUT2D eigenvalue weighted by Gasteiger charge is 2.20. The van der Waals surface area contributed by atoms with Crippen LogP contribution in [0, 0.1) is 13.8 Å². The Labute approximate surface area is 121 Å². The zero-order chi connectivity index (χ0) is 15.4. The summed E-state index contributed by atoms with van der Waals surface area (Å²) in [7, 11) is 0. The van der Waals surface area contributed by atoms with Crippen LogP contribution in [-0.2, 0) is 16.1 Å². The van der Waals surface area contributed by atoms with E-state index in [2.05, 4.69) is 15.5 Å². The Balaban J connectivity index is 1.98. The number of carbonyl (C=O) groups is 2. The second kappa shape index (κ2) is 6.25. The van der Waals surface area contributed by atoms with Crippen molar-refractivity contribution < 1.29 is 14.3 Å². The number of aromatic nitrogens is 4. The van der Waals surface area contributed by atoms with Crippen LogP contribution in [0.2, 0.25) is 0 Å². The number of aryl methyl sites for hydroxylation is 2. The smallest absolute Gasteiger partial charge is 0.328 e. The van der Waals surface area contributed by atoms with Crippen molar-refractivity contribution in [2.75, 3.05) is 0 Å². The van der Waals surface area contributed by atoms with E-state index in [1.807, 2.05) is 19.9 Å². The molecule has 1 heterocycles. The average molecular weight is 288 g/mol. The first kappa shape index (κ1) is 14.8. The molecule has 0 amide bonds. The molecule has 0 spiro atoms. The lowest BCUT2D eigenvalue weighted by Crippen LogP contribution is -2.26. The predicted octanol–water partition coefficient (Wildman–Crippen LogP) is 1.10. The first-order valence-corrected chi connectivity index (χ1v) is 6.49. The van der Waals surface area contributed by atoms with Gasteiger partial charge in [-0.1, -0.05) is 12.1 Å². The number of rotatable bonds is 5. The molecule has 2 rings (SSSR count). The summed E-state index contributed by atoms with van der Waals surface area (Å²) in [6.07, 6.45) is 0.452. The van der Waals surface area contributed by atoms with Crippen molar-refractivity contribution >= 4 is 11.8 Å². The van der Waals surface area contributed by atoms with Crippen molar-refractivity contribution in [3.8, 4) is 0 Å². The third-order valence-corrected chi connectivity index (χ3v) is 3.15. The molecular formula is C14H16N4O3. The van der Waals surface area contributed by atoms with Gasteiger partial charge in [-0.3, -0.25) is 9.59 Å². The molecule has 1 aromatic heterocycles. The van der Waals surface area contributed by atoms with Gasteiger partial charge in [-0.2, -0.15) is 0 Å². The fourth-order valence-corrected chi connectivity index (χ4v) is 1.80. The van der Waals surface area contributed by atoms with Crippen molar-refractivity contribution in [2.24, 2.45) is 0 Å². The second-order valence-electron chi connectivity index (χ2n) is 4.80. The summed E-state index contributed by atoms with van der Waals surface area (Å²) in [5.41, 5.74) is 2.66. The third kappa shape index (κ3) is 3.71. The zero-order valence-electron chi connectivity index (χ0n) is 12.1. The average Bonchev–Trinajstić information content (AvgIpc) is 2.93. The van der Waals surface area contributed by atoms with Crippen molar-refractivity contribution in [3.63, 3.8) is 0 Å². The number of tetrazole rings is 1. The number of ketones is 1. The summed E-state index contributed by atoms with van der Waals surface area (Å²) in [5.74, 6) is -0.796. The van der Waals surface area contributed by atoms with Crippen LogP contribution in [0.4, 0.5) is 0 Å². The van der Waals surface area contributed by atoms with Gasteiger partial charge in [-0.05, 0) is 48.4 Å². The quantitative estimate of drug-likeness (QED) is 0.605. The van der Waals surface area contributed by atoms with Crippen molar-refractivity contribution in [3.05, 3.63) is 41.2 Å². The number of nitrogens with zero attached hydrogens (tertiary/aromatic N) is 4. The van der Waals surface area contributed by atoms with E-state index in [0.717, 1.165) is 11.1 Å². The van der Waals surface area contributed by atoms with E-state index < -0.39 is 12.1 Å². The third-order valence-electron chi connectivity index (χ3n) is 3.15. The number of carbonyl (C=O) groups excluding carboxylic acids is 2. The highest BCUT2D eigenvalue weighted by molar-refractivity contribution is 6.00. The molecule has 21 heavy (non-hydrogen) atoms. The molecule has 110 valence electrons. The molecule has 0 bridgehead atoms. The molecule has 7 nitrogen and oxygen atoms in total. The Morgan fingerprint density at radius 1 is 1.29 bits per heavy atom. The summed E-state index contributed by atoms with van der Waals surface area (Å²) in [6, 6.07) is 5.40. The minimum Gasteiger partial charge on any atom is -0.453 e. The topological polar surface area (TPSA) is 87.0 Å². The second-order valence-corrected chi connectivity index (χ2v) is 4.80. The van der Waals surface area contributed by atoms with E-state index in [-0.39, 0.29) is 12.3 Å². The maximum atomic E-state index is 12.2. The maximum absolute atomic E-state index is 12.2. The van der Waals surface area contributed by atoms with Gasteiger partial charge in [0, 0.05) is 5.56 Å². The Morgan fingerprint density at radius 3 is 2.67 bits per heavy atom. The van der Waals surface area contributed by atoms with Crippen LogP contribution in [0.25, 0.3) is 0 Å². The number of benzene rings is 1. The summed E-state index contributed by atoms with van der Waals surface area (Å²) in [4.78, 5) is 23.9. The maximum Gasteiger partial charge on any atom is 0.328 e. The van der Waals surface area contributed by atoms with Gasteiger partial charge in [0.1, 0.15) is 12.9 Å². The normalized spacial score (nSPS) is 12.0. The largest absolute Gasteiger partial charge is 0.453 e. The van der Waals surface area contributed by atoms with Crippen LogP contribution in [0.15, 0.2) is 24.5 Å². The summed E-state index contributed by atoms with van der Waals surface area (Å²) >= 11 is 0. The van der Waals surface area contributed by atoms with Gasteiger partial charge in [0.2, 0.25) is 5.78 Å². The molecule has 0 radical (unpaired) electrons. The molecular weight excluding hydrogens is 272 g/mol. The molecule has 1 atom stereocenters. The SMILES string of the molecule is Cc1ccc(C(=O)C(C)OC(=O)Cn2cnnn2)cc1C. The van der Waals surface area contributed by atoms with Crippen LogP contribution in [-0.4, -0.2) is 38.1 Å². The van der Waals surface area contributed by atoms with E-state index in [0.29, 0.717) is 5.56 Å². The van der Waals surface area contributed by atoms with Crippen LogP contribution in [0.3, 0.4) is 0 Å². The van der Waals surface area contributed by atoms with Crippen molar-refractivity contribution in [1.29, 1.82) is 0 Å². The summed E-state index contributed by atoms with van der Waals surface area (Å²) in [5, 5.41) is 10.4. The molecule has 0 aliphatic rings. The predicted molar refractivity (Wildman–Crippen MR) is 73.6 cm³/mol. The molecule has 0 N–H and O–H groups in total. The Bertz CT molecular complexity index is 652. The molecule has 1 unspecified atom stereocenters. The lowest BCUT2D eigenvalue weighted by molar-refractivity contribution is -0.147. The van der Waals surface area contributed by atoms with E-state index in [1.165, 1.54) is 11.0 Å². The number of ether oxygens (including phenoxy) is 1. The number of hydrogen-bond acceptors (Lipinski definition) is 6. The fourth-order valence-electron chi connectivity index (χ4n) is 1.80. The summed E-state index contributed by atoms with van der Waals surface area (Å²) < 4.78 is 6.34. The Hall–Kier alpha value is -2.57. The Morgan fingerprint density at radius 2 is 2.05 bits per heavy atom. The van der Waals surface area contributed by atoms with E-state index in [4.69, 9.17) is 4.74 Å². The first-order chi connectivity index (χ1) is 9.97. The van der Waals surface area contributed by atoms with E-state index in [1.54, 1.807) is 19.1 Å². The van der Waals surface area contributed by atoms with Gasteiger partial charge in [-0.15, -0.1) is 5.10 Å². The molecule has 1 aromatic carbocycles. The van der Waals surface area contributed by atoms with Crippen molar-refractivity contribution in [1.82, 2.24) is 20.2 Å². The van der Waals surface area contributed by atoms with Gasteiger partial charge in [0.25, 0.3) is 0 Å². The molecule has 0 fully saturated rings. The molecule has 0 saturated heterocycles. The molecule has 7 heteroatoms. The van der Waals surface area contributed by atoms with Crippen molar-refractivity contribution in [2.45, 2.75) is 33.4 Å². The van der Waals surface area contributed by atoms with Gasteiger partial charge in [0.05, 0.1) is 0 Å². The van der Waals surface area contributed by atoms with Gasteiger partial charge < -0.3 is 4.74 Å². The standard InChI is InChI=1S/C14H16N4O3/c1-9-4-5-12(6-10(9)2)14(20)11(3)21-13(19)7-18-8-15-16-17-18/h4-6,8,11H,7H2,1-3H3. The van der Waals surface area contributed by atoms with E-state index in [9.17, 15) is 9.59 Å². The number of esters is 1. The molecule has 0 saturated carbocycles. The van der Waals surface area contributed by atoms with Crippen LogP contribution >= 0.6 is 0 Å². The minimum absolute atomic E-state index is 0.127. The number of hydrogen-bond donors (Lipinski definition) is 0. The lowest BCUT2D eigenvalue weighted by atomic mass is 10.0. The molecule has 2 aromatic rings. The van der Waals surface area contributed by atoms with Gasteiger partial charge in [0.15, 0.2) is 6.10 Å². The minimum atomic E-state index is -0.851. The summed E-state index contributed by atoms with van der Waals surface area (Å²) in [6.45, 7) is 5.33. The van der Waals surface area contributed by atoms with Gasteiger partial charge in [-0.25, -0.2) is 4.68 Å². The molecule has 0 aliphatic heterocycles. The highest BCUT2D eigenvalue weighted by Crippen LogP contribution is 2.13. The Kier molecular flexibility index (Phi) is 4.42. The van der Waals surface area contributed by atoms with Crippen LogP contribution in [0.5, 0.6) is 0 Å². The fraction of sp³-hybridized carbons (Fsp3) is 0.357. The van der Waals surface area contributed by atoms with Crippen LogP contribution in [0.1, 0.15) is 28.4 Å². The lowest BCUT2D eigenvalue weighted by Gasteiger charge is -2.13. The monoisotopic (exact) mass is 288 g/mol. The van der Waals surface area contributed by atoms with Crippen LogP contribution < -0.4 is 0 Å². The van der Waals surface area contributed by atoms with E-state index >= 15 is 0 Å². The zero-order valence-corrected chi connectivity index (χ0v) is 12.1. The highest BCUT2D eigenvalue weighted by atomic mass is 16.5. The number of Topliss-reactive ketones (excluding diaryl/α,β-unsaturated/α-hetero) is 1.